The molecule has 0 saturated heterocycles. The monoisotopic (exact) mass is 395 g/mol. The molecule has 0 aromatic heterocycles. The average Bonchev–Trinajstić information content (AvgIpc) is 2.69. The summed E-state index contributed by atoms with van der Waals surface area (Å²) in [4.78, 5) is 12.1. The minimum atomic E-state index is -4.70. The minimum absolute atomic E-state index is 0.135. The number of rotatable bonds is 7. The third-order valence-corrected chi connectivity index (χ3v) is 3.88. The zero-order valence-corrected chi connectivity index (χ0v) is 15.5. The maximum atomic E-state index is 13.5. The smallest absolute Gasteiger partial charge is 0.412 e. The molecule has 0 aliphatic carbocycles. The lowest BCUT2D eigenvalue weighted by Crippen LogP contribution is -2.37. The van der Waals surface area contributed by atoms with Gasteiger partial charge in [0.25, 0.3) is 0 Å². The Labute approximate surface area is 160 Å². The first kappa shape index (κ1) is 21.1. The van der Waals surface area contributed by atoms with E-state index >= 15 is 0 Å². The van der Waals surface area contributed by atoms with Crippen molar-refractivity contribution in [3.05, 3.63) is 59.7 Å². The molecule has 1 atom stereocenters. The van der Waals surface area contributed by atoms with E-state index in [0.717, 1.165) is 6.08 Å². The van der Waals surface area contributed by atoms with Crippen LogP contribution in [0.4, 0.5) is 13.2 Å². The molecule has 0 aliphatic heterocycles. The quantitative estimate of drug-likeness (QED) is 0.716. The lowest BCUT2D eigenvalue weighted by atomic mass is 10.1. The zero-order valence-electron chi connectivity index (χ0n) is 15.5. The van der Waals surface area contributed by atoms with Crippen LogP contribution in [0.15, 0.2) is 48.5 Å². The molecule has 0 bridgehead atoms. The number of alkyl halides is 3. The van der Waals surface area contributed by atoms with Gasteiger partial charge in [-0.1, -0.05) is 18.2 Å². The van der Waals surface area contributed by atoms with E-state index in [9.17, 15) is 18.0 Å². The predicted molar refractivity (Wildman–Crippen MR) is 98.5 cm³/mol. The number of benzene rings is 2. The number of nitrogens with one attached hydrogen (secondary N) is 1. The molecule has 0 aliphatic rings. The van der Waals surface area contributed by atoms with Crippen molar-refractivity contribution in [1.82, 2.24) is 5.32 Å². The third kappa shape index (κ3) is 5.42. The van der Waals surface area contributed by atoms with Gasteiger partial charge in [0, 0.05) is 6.08 Å². The fourth-order valence-electron chi connectivity index (χ4n) is 2.49. The molecule has 1 amide bonds. The second-order valence-corrected chi connectivity index (χ2v) is 5.71. The van der Waals surface area contributed by atoms with Gasteiger partial charge in [-0.3, -0.25) is 4.79 Å². The number of hydrogen-bond acceptors (Lipinski definition) is 4. The van der Waals surface area contributed by atoms with E-state index in [2.05, 4.69) is 0 Å². The fraction of sp³-hybridized carbons (Fsp3) is 0.250. The predicted octanol–water partition coefficient (Wildman–Crippen LogP) is 4.15. The molecule has 1 N–H and O–H groups in total. The number of carbonyl (C=O) groups excluding carboxylic acids is 1. The second-order valence-electron chi connectivity index (χ2n) is 5.71. The Kier molecular flexibility index (Phi) is 6.92. The Morgan fingerprint density at radius 1 is 1.00 bits per heavy atom. The SMILES string of the molecule is COc1cccc(/C=C/C(=O)N[C@H](c2ccc(OC)c(OC)c2)C(F)(F)F)c1. The van der Waals surface area contributed by atoms with E-state index in [-0.39, 0.29) is 17.1 Å². The number of carbonyl (C=O) groups is 1. The zero-order chi connectivity index (χ0) is 20.7. The maximum absolute atomic E-state index is 13.5. The van der Waals surface area contributed by atoms with Crippen LogP contribution in [0.25, 0.3) is 6.08 Å². The number of hydrogen-bond donors (Lipinski definition) is 1. The van der Waals surface area contributed by atoms with Crippen molar-refractivity contribution in [3.8, 4) is 17.2 Å². The van der Waals surface area contributed by atoms with Crippen molar-refractivity contribution < 1.29 is 32.2 Å². The number of ether oxygens (including phenoxy) is 3. The van der Waals surface area contributed by atoms with Gasteiger partial charge in [0.2, 0.25) is 5.91 Å². The van der Waals surface area contributed by atoms with Crippen LogP contribution in [0.1, 0.15) is 17.2 Å². The van der Waals surface area contributed by atoms with Gasteiger partial charge >= 0.3 is 6.18 Å². The summed E-state index contributed by atoms with van der Waals surface area (Å²) in [5.74, 6) is 0.104. The van der Waals surface area contributed by atoms with E-state index < -0.39 is 18.1 Å². The molecule has 2 aromatic rings. The standard InChI is InChI=1S/C20H20F3NO4/c1-26-15-6-4-5-13(11-15)7-10-18(25)24-19(20(21,22)23)14-8-9-16(27-2)17(12-14)28-3/h4-12,19H,1-3H3,(H,24,25)/b10-7+/t19-/m1/s1. The highest BCUT2D eigenvalue weighted by atomic mass is 19.4. The summed E-state index contributed by atoms with van der Waals surface area (Å²) < 4.78 is 55.7. The van der Waals surface area contributed by atoms with Gasteiger partial charge in [0.05, 0.1) is 21.3 Å². The van der Waals surface area contributed by atoms with E-state index in [1.54, 1.807) is 24.3 Å². The summed E-state index contributed by atoms with van der Waals surface area (Å²) in [6.45, 7) is 0. The first-order valence-electron chi connectivity index (χ1n) is 8.19. The second kappa shape index (κ2) is 9.16. The lowest BCUT2D eigenvalue weighted by molar-refractivity contribution is -0.162. The Balaban J connectivity index is 2.22. The highest BCUT2D eigenvalue weighted by molar-refractivity contribution is 5.92. The van der Waals surface area contributed by atoms with Gasteiger partial charge in [-0.05, 0) is 41.5 Å². The topological polar surface area (TPSA) is 56.8 Å². The number of halogens is 3. The van der Waals surface area contributed by atoms with Crippen LogP contribution in [0.3, 0.4) is 0 Å². The van der Waals surface area contributed by atoms with Gasteiger partial charge in [-0.2, -0.15) is 13.2 Å². The van der Waals surface area contributed by atoms with E-state index in [1.165, 1.54) is 45.6 Å². The summed E-state index contributed by atoms with van der Waals surface area (Å²) in [6, 6.07) is 8.34. The average molecular weight is 395 g/mol. The molecule has 0 saturated carbocycles. The summed E-state index contributed by atoms with van der Waals surface area (Å²) >= 11 is 0. The van der Waals surface area contributed by atoms with E-state index in [4.69, 9.17) is 14.2 Å². The Morgan fingerprint density at radius 2 is 1.71 bits per heavy atom. The van der Waals surface area contributed by atoms with Crippen LogP contribution in [-0.2, 0) is 4.79 Å². The van der Waals surface area contributed by atoms with Crippen molar-refractivity contribution in [2.24, 2.45) is 0 Å². The molecule has 0 spiro atoms. The number of amides is 1. The number of methoxy groups -OCH3 is 3. The first-order chi connectivity index (χ1) is 13.3. The van der Waals surface area contributed by atoms with Crippen molar-refractivity contribution in [2.75, 3.05) is 21.3 Å². The normalized spacial score (nSPS) is 12.5. The third-order valence-electron chi connectivity index (χ3n) is 3.88. The first-order valence-corrected chi connectivity index (χ1v) is 8.19. The van der Waals surface area contributed by atoms with Crippen LogP contribution in [-0.4, -0.2) is 33.4 Å². The maximum Gasteiger partial charge on any atom is 0.412 e. The molecule has 28 heavy (non-hydrogen) atoms. The summed E-state index contributed by atoms with van der Waals surface area (Å²) in [5.41, 5.74) is 0.442. The van der Waals surface area contributed by atoms with Gasteiger partial charge in [0.15, 0.2) is 17.5 Å². The molecule has 0 fully saturated rings. The lowest BCUT2D eigenvalue weighted by Gasteiger charge is -2.22. The van der Waals surface area contributed by atoms with Crippen LogP contribution >= 0.6 is 0 Å². The highest BCUT2D eigenvalue weighted by Crippen LogP contribution is 2.37. The minimum Gasteiger partial charge on any atom is -0.497 e. The molecule has 0 unspecified atom stereocenters. The highest BCUT2D eigenvalue weighted by Gasteiger charge is 2.42. The summed E-state index contributed by atoms with van der Waals surface area (Å²) in [6.07, 6.45) is -2.26. The molecule has 8 heteroatoms. The Hall–Kier alpha value is -3.16. The molecule has 2 rings (SSSR count). The van der Waals surface area contributed by atoms with Crippen LogP contribution < -0.4 is 19.5 Å². The van der Waals surface area contributed by atoms with Gasteiger partial charge in [-0.15, -0.1) is 0 Å². The van der Waals surface area contributed by atoms with Crippen LogP contribution in [0, 0.1) is 0 Å². The molecule has 2 aromatic carbocycles. The van der Waals surface area contributed by atoms with Gasteiger partial charge < -0.3 is 19.5 Å². The van der Waals surface area contributed by atoms with Crippen LogP contribution in [0.2, 0.25) is 0 Å². The van der Waals surface area contributed by atoms with Crippen molar-refractivity contribution in [2.45, 2.75) is 12.2 Å². The Bertz CT molecular complexity index is 850. The largest absolute Gasteiger partial charge is 0.497 e. The molecule has 0 heterocycles. The van der Waals surface area contributed by atoms with E-state index in [0.29, 0.717) is 11.3 Å². The van der Waals surface area contributed by atoms with Gasteiger partial charge in [-0.25, -0.2) is 0 Å². The van der Waals surface area contributed by atoms with Gasteiger partial charge in [0.1, 0.15) is 5.75 Å². The molecular formula is C20H20F3NO4. The molecule has 5 nitrogen and oxygen atoms in total. The van der Waals surface area contributed by atoms with Crippen molar-refractivity contribution >= 4 is 12.0 Å². The Morgan fingerprint density at radius 3 is 2.32 bits per heavy atom. The summed E-state index contributed by atoms with van der Waals surface area (Å²) in [7, 11) is 4.19. The van der Waals surface area contributed by atoms with Crippen molar-refractivity contribution in [3.63, 3.8) is 0 Å². The fourth-order valence-corrected chi connectivity index (χ4v) is 2.49. The van der Waals surface area contributed by atoms with Crippen LogP contribution in [0.5, 0.6) is 17.2 Å². The molecular weight excluding hydrogens is 375 g/mol. The molecule has 0 radical (unpaired) electrons. The molecule has 150 valence electrons. The van der Waals surface area contributed by atoms with E-state index in [1.807, 2.05) is 5.32 Å². The van der Waals surface area contributed by atoms with Crippen molar-refractivity contribution in [1.29, 1.82) is 0 Å². The summed E-state index contributed by atoms with van der Waals surface area (Å²) in [5, 5.41) is 1.98.